The molecule has 13 heavy (non-hydrogen) atoms. The minimum absolute atomic E-state index is 0.334. The normalized spacial score (nSPS) is 31.3. The quantitative estimate of drug-likeness (QED) is 0.728. The molecule has 2 N–H and O–H groups in total. The average Bonchev–Trinajstić information content (AvgIpc) is 2.17. The van der Waals surface area contributed by atoms with Gasteiger partial charge in [0, 0.05) is 12.0 Å². The van der Waals surface area contributed by atoms with E-state index in [4.69, 9.17) is 5.73 Å². The molecule has 1 aliphatic rings. The first-order valence-corrected chi connectivity index (χ1v) is 5.41. The van der Waals surface area contributed by atoms with Crippen LogP contribution in [0.5, 0.6) is 0 Å². The average molecular weight is 183 g/mol. The van der Waals surface area contributed by atoms with Crippen molar-refractivity contribution >= 4 is 5.78 Å². The van der Waals surface area contributed by atoms with E-state index in [2.05, 4.69) is 6.92 Å². The number of carbonyl (C=O) groups is 1. The van der Waals surface area contributed by atoms with E-state index in [9.17, 15) is 4.79 Å². The molecule has 0 heterocycles. The molecule has 1 fully saturated rings. The van der Waals surface area contributed by atoms with Gasteiger partial charge in [-0.2, -0.15) is 0 Å². The summed E-state index contributed by atoms with van der Waals surface area (Å²) in [6, 6.07) is 0.355. The summed E-state index contributed by atoms with van der Waals surface area (Å²) in [6.45, 7) is 3.85. The number of nitrogens with two attached hydrogens (primary N) is 1. The van der Waals surface area contributed by atoms with Crippen molar-refractivity contribution in [1.82, 2.24) is 0 Å². The van der Waals surface area contributed by atoms with Gasteiger partial charge in [-0.1, -0.05) is 6.92 Å². The van der Waals surface area contributed by atoms with Crippen LogP contribution in [-0.2, 0) is 4.79 Å². The topological polar surface area (TPSA) is 43.1 Å². The largest absolute Gasteiger partial charge is 0.327 e. The first-order chi connectivity index (χ1) is 6.15. The lowest BCUT2D eigenvalue weighted by Gasteiger charge is -2.30. The molecule has 0 aromatic rings. The van der Waals surface area contributed by atoms with Gasteiger partial charge in [0.2, 0.25) is 0 Å². The third-order valence-electron chi connectivity index (χ3n) is 3.42. The Labute approximate surface area is 80.9 Å². The van der Waals surface area contributed by atoms with Crippen LogP contribution in [0.25, 0.3) is 0 Å². The fraction of sp³-hybridized carbons (Fsp3) is 0.909. The van der Waals surface area contributed by atoms with Gasteiger partial charge in [0.1, 0.15) is 5.78 Å². The molecule has 0 spiro atoms. The lowest BCUT2D eigenvalue weighted by Crippen LogP contribution is -2.33. The molecular weight excluding hydrogens is 162 g/mol. The molecule has 2 heteroatoms. The zero-order valence-electron chi connectivity index (χ0n) is 8.75. The van der Waals surface area contributed by atoms with Gasteiger partial charge in [-0.15, -0.1) is 0 Å². The van der Waals surface area contributed by atoms with Crippen LogP contribution in [0.4, 0.5) is 0 Å². The Kier molecular flexibility index (Phi) is 3.91. The SMILES string of the molecule is CC[C@H](N)C1CCC(C(C)=O)CC1. The summed E-state index contributed by atoms with van der Waals surface area (Å²) in [5.74, 6) is 1.37. The molecular formula is C11H21NO. The van der Waals surface area contributed by atoms with E-state index in [-0.39, 0.29) is 0 Å². The van der Waals surface area contributed by atoms with E-state index in [0.717, 1.165) is 32.1 Å². The van der Waals surface area contributed by atoms with Gasteiger partial charge in [0.25, 0.3) is 0 Å². The zero-order chi connectivity index (χ0) is 9.84. The Morgan fingerprint density at radius 1 is 1.38 bits per heavy atom. The lowest BCUT2D eigenvalue weighted by molar-refractivity contribution is -0.121. The van der Waals surface area contributed by atoms with E-state index >= 15 is 0 Å². The van der Waals surface area contributed by atoms with E-state index in [1.165, 1.54) is 0 Å². The predicted octanol–water partition coefficient (Wildman–Crippen LogP) is 2.12. The Morgan fingerprint density at radius 3 is 2.31 bits per heavy atom. The standard InChI is InChI=1S/C11H21NO/c1-3-11(12)10-6-4-9(5-7-10)8(2)13/h9-11H,3-7,12H2,1-2H3/t9?,10?,11-/m0/s1. The highest BCUT2D eigenvalue weighted by Crippen LogP contribution is 2.31. The van der Waals surface area contributed by atoms with Crippen LogP contribution in [0, 0.1) is 11.8 Å². The van der Waals surface area contributed by atoms with Gasteiger partial charge < -0.3 is 5.73 Å². The second kappa shape index (κ2) is 4.75. The van der Waals surface area contributed by atoms with E-state index in [1.54, 1.807) is 6.92 Å². The molecule has 0 unspecified atom stereocenters. The van der Waals surface area contributed by atoms with Gasteiger partial charge in [-0.05, 0) is 44.9 Å². The monoisotopic (exact) mass is 183 g/mol. The van der Waals surface area contributed by atoms with E-state index in [1.807, 2.05) is 0 Å². The predicted molar refractivity (Wildman–Crippen MR) is 54.4 cm³/mol. The summed E-state index contributed by atoms with van der Waals surface area (Å²) in [6.07, 6.45) is 5.50. The van der Waals surface area contributed by atoms with Crippen molar-refractivity contribution in [3.63, 3.8) is 0 Å². The summed E-state index contributed by atoms with van der Waals surface area (Å²) in [7, 11) is 0. The molecule has 1 aliphatic carbocycles. The number of carbonyl (C=O) groups excluding carboxylic acids is 1. The Bertz CT molecular complexity index is 171. The Balaban J connectivity index is 2.34. The third kappa shape index (κ3) is 2.80. The van der Waals surface area contributed by atoms with Crippen molar-refractivity contribution in [2.75, 3.05) is 0 Å². The Morgan fingerprint density at radius 2 is 1.92 bits per heavy atom. The van der Waals surface area contributed by atoms with Crippen LogP contribution >= 0.6 is 0 Å². The number of ketones is 1. The summed E-state index contributed by atoms with van der Waals surface area (Å²) in [4.78, 5) is 11.1. The van der Waals surface area contributed by atoms with Crippen LogP contribution in [-0.4, -0.2) is 11.8 Å². The highest BCUT2D eigenvalue weighted by atomic mass is 16.1. The van der Waals surface area contributed by atoms with Crippen molar-refractivity contribution in [2.45, 2.75) is 52.0 Å². The minimum Gasteiger partial charge on any atom is -0.327 e. The molecule has 1 saturated carbocycles. The van der Waals surface area contributed by atoms with Gasteiger partial charge >= 0.3 is 0 Å². The van der Waals surface area contributed by atoms with Crippen molar-refractivity contribution in [3.8, 4) is 0 Å². The number of Topliss-reactive ketones (excluding diaryl/α,β-unsaturated/α-hetero) is 1. The van der Waals surface area contributed by atoms with Crippen LogP contribution in [0.1, 0.15) is 46.0 Å². The number of hydrogen-bond donors (Lipinski definition) is 1. The molecule has 0 aromatic heterocycles. The minimum atomic E-state index is 0.334. The van der Waals surface area contributed by atoms with Crippen molar-refractivity contribution < 1.29 is 4.79 Å². The summed E-state index contributed by atoms with van der Waals surface area (Å²) >= 11 is 0. The van der Waals surface area contributed by atoms with Crippen molar-refractivity contribution in [2.24, 2.45) is 17.6 Å². The number of rotatable bonds is 3. The summed E-state index contributed by atoms with van der Waals surface area (Å²) in [5, 5.41) is 0. The molecule has 1 rings (SSSR count). The highest BCUT2D eigenvalue weighted by Gasteiger charge is 2.26. The summed E-state index contributed by atoms with van der Waals surface area (Å²) < 4.78 is 0. The number of hydrogen-bond acceptors (Lipinski definition) is 2. The maximum atomic E-state index is 11.1. The molecule has 0 aliphatic heterocycles. The van der Waals surface area contributed by atoms with Gasteiger partial charge in [-0.3, -0.25) is 4.79 Å². The second-order valence-corrected chi connectivity index (χ2v) is 4.29. The lowest BCUT2D eigenvalue weighted by atomic mass is 9.77. The molecule has 0 saturated heterocycles. The van der Waals surface area contributed by atoms with Crippen LogP contribution < -0.4 is 5.73 Å². The maximum absolute atomic E-state index is 11.1. The molecule has 1 atom stereocenters. The van der Waals surface area contributed by atoms with E-state index in [0.29, 0.717) is 23.7 Å². The first-order valence-electron chi connectivity index (χ1n) is 5.41. The first kappa shape index (κ1) is 10.7. The fourth-order valence-electron chi connectivity index (χ4n) is 2.29. The van der Waals surface area contributed by atoms with Gasteiger partial charge in [-0.25, -0.2) is 0 Å². The van der Waals surface area contributed by atoms with Crippen LogP contribution in [0.15, 0.2) is 0 Å². The van der Waals surface area contributed by atoms with Gasteiger partial charge in [0.15, 0.2) is 0 Å². The molecule has 0 amide bonds. The maximum Gasteiger partial charge on any atom is 0.132 e. The second-order valence-electron chi connectivity index (χ2n) is 4.29. The van der Waals surface area contributed by atoms with Crippen LogP contribution in [0.2, 0.25) is 0 Å². The molecule has 0 radical (unpaired) electrons. The smallest absolute Gasteiger partial charge is 0.132 e. The van der Waals surface area contributed by atoms with Crippen molar-refractivity contribution in [1.29, 1.82) is 0 Å². The Hall–Kier alpha value is -0.370. The van der Waals surface area contributed by atoms with Gasteiger partial charge in [0.05, 0.1) is 0 Å². The molecule has 0 bridgehead atoms. The summed E-state index contributed by atoms with van der Waals surface area (Å²) in [5.41, 5.74) is 5.98. The zero-order valence-corrected chi connectivity index (χ0v) is 8.75. The molecule has 0 aromatic carbocycles. The van der Waals surface area contributed by atoms with E-state index < -0.39 is 0 Å². The molecule has 2 nitrogen and oxygen atoms in total. The van der Waals surface area contributed by atoms with Crippen LogP contribution in [0.3, 0.4) is 0 Å². The highest BCUT2D eigenvalue weighted by molar-refractivity contribution is 5.78. The third-order valence-corrected chi connectivity index (χ3v) is 3.42. The fourth-order valence-corrected chi connectivity index (χ4v) is 2.29. The molecule has 76 valence electrons. The van der Waals surface area contributed by atoms with Crippen molar-refractivity contribution in [3.05, 3.63) is 0 Å².